The van der Waals surface area contributed by atoms with Gasteiger partial charge in [0.25, 0.3) is 0 Å². The van der Waals surface area contributed by atoms with Gasteiger partial charge in [-0.3, -0.25) is 5.10 Å². The molecule has 8 heteroatoms. The molecule has 1 aliphatic heterocycles. The van der Waals surface area contributed by atoms with E-state index in [1.54, 1.807) is 0 Å². The molecule has 0 atom stereocenters. The Kier molecular flexibility index (Phi) is 5.36. The first-order chi connectivity index (χ1) is 13.1. The van der Waals surface area contributed by atoms with Crippen molar-refractivity contribution in [2.24, 2.45) is 0 Å². The van der Waals surface area contributed by atoms with Crippen molar-refractivity contribution in [3.63, 3.8) is 0 Å². The third-order valence-electron chi connectivity index (χ3n) is 5.13. The summed E-state index contributed by atoms with van der Waals surface area (Å²) in [5.74, 6) is 2.29. The number of anilines is 1. The first kappa shape index (κ1) is 18.3. The summed E-state index contributed by atoms with van der Waals surface area (Å²) in [6.07, 6.45) is 4.06. The van der Waals surface area contributed by atoms with Crippen LogP contribution in [0.15, 0.2) is 36.4 Å². The molecule has 0 amide bonds. The van der Waals surface area contributed by atoms with Crippen LogP contribution in [-0.2, 0) is 10.0 Å². The number of sulfonamides is 1. The molecule has 2 heterocycles. The lowest BCUT2D eigenvalue weighted by Crippen LogP contribution is -2.45. The van der Waals surface area contributed by atoms with Gasteiger partial charge in [-0.2, -0.15) is 5.10 Å². The Labute approximate surface area is 160 Å². The molecule has 0 spiro atoms. The van der Waals surface area contributed by atoms with E-state index in [1.807, 2.05) is 30.3 Å². The number of para-hydroxylation sites is 1. The lowest BCUT2D eigenvalue weighted by Gasteiger charge is -2.32. The van der Waals surface area contributed by atoms with Crippen molar-refractivity contribution in [2.45, 2.75) is 37.6 Å². The Hall–Kier alpha value is -2.06. The van der Waals surface area contributed by atoms with E-state index in [1.165, 1.54) is 18.5 Å². The summed E-state index contributed by atoms with van der Waals surface area (Å²) in [6, 6.07) is 11.4. The maximum atomic E-state index is 12.3. The lowest BCUT2D eigenvalue weighted by molar-refractivity contribution is 0.339. The highest BCUT2D eigenvalue weighted by Crippen LogP contribution is 2.40. The fourth-order valence-electron chi connectivity index (χ4n) is 3.42. The zero-order chi connectivity index (χ0) is 18.7. The molecule has 146 valence electrons. The molecule has 2 N–H and O–H groups in total. The topological polar surface area (TPSA) is 87.3 Å². The molecule has 4 rings (SSSR count). The van der Waals surface area contributed by atoms with Crippen molar-refractivity contribution in [3.8, 4) is 5.75 Å². The van der Waals surface area contributed by atoms with Crippen LogP contribution >= 0.6 is 0 Å². The van der Waals surface area contributed by atoms with Crippen molar-refractivity contribution in [1.82, 2.24) is 14.9 Å². The minimum absolute atomic E-state index is 0.0233. The Bertz CT molecular complexity index is 841. The number of nitrogens with zero attached hydrogens (tertiary/aromatic N) is 2. The molecule has 1 saturated heterocycles. The van der Waals surface area contributed by atoms with Gasteiger partial charge < -0.3 is 9.64 Å². The minimum Gasteiger partial charge on any atom is -0.492 e. The lowest BCUT2D eigenvalue weighted by atomic mass is 10.1. The van der Waals surface area contributed by atoms with Crippen LogP contribution in [0.1, 0.15) is 37.3 Å². The van der Waals surface area contributed by atoms with Crippen LogP contribution < -0.4 is 14.4 Å². The Balaban J connectivity index is 1.21. The van der Waals surface area contributed by atoms with Gasteiger partial charge in [0, 0.05) is 36.8 Å². The summed E-state index contributed by atoms with van der Waals surface area (Å²) in [4.78, 5) is 2.23. The number of ether oxygens (including phenoxy) is 1. The summed E-state index contributed by atoms with van der Waals surface area (Å²) in [7, 11) is -3.35. The molecule has 2 fully saturated rings. The number of hydrogen-bond donors (Lipinski definition) is 2. The normalized spacial score (nSPS) is 18.6. The van der Waals surface area contributed by atoms with Gasteiger partial charge >= 0.3 is 0 Å². The molecular weight excluding hydrogens is 364 g/mol. The highest BCUT2D eigenvalue weighted by molar-refractivity contribution is 7.89. The molecule has 7 nitrogen and oxygen atoms in total. The maximum Gasteiger partial charge on any atom is 0.215 e. The Morgan fingerprint density at radius 3 is 2.59 bits per heavy atom. The van der Waals surface area contributed by atoms with Gasteiger partial charge in [0.1, 0.15) is 12.4 Å². The quantitative estimate of drug-likeness (QED) is 0.722. The Morgan fingerprint density at radius 2 is 1.89 bits per heavy atom. The number of aromatic amines is 1. The molecule has 1 aromatic heterocycles. The van der Waals surface area contributed by atoms with Crippen molar-refractivity contribution in [3.05, 3.63) is 42.1 Å². The molecule has 1 saturated carbocycles. The first-order valence-corrected chi connectivity index (χ1v) is 11.2. The van der Waals surface area contributed by atoms with Crippen molar-refractivity contribution in [2.75, 3.05) is 30.3 Å². The summed E-state index contributed by atoms with van der Waals surface area (Å²) < 4.78 is 32.9. The second kappa shape index (κ2) is 7.90. The van der Waals surface area contributed by atoms with Gasteiger partial charge in [-0.25, -0.2) is 13.1 Å². The zero-order valence-corrected chi connectivity index (χ0v) is 16.1. The number of rotatable bonds is 8. The average Bonchev–Trinajstić information content (AvgIpc) is 3.40. The van der Waals surface area contributed by atoms with E-state index in [0.29, 0.717) is 11.7 Å². The van der Waals surface area contributed by atoms with Crippen LogP contribution in [-0.4, -0.2) is 50.1 Å². The van der Waals surface area contributed by atoms with Crippen LogP contribution in [0.5, 0.6) is 5.75 Å². The molecule has 0 unspecified atom stereocenters. The second-order valence-electron chi connectivity index (χ2n) is 7.32. The largest absolute Gasteiger partial charge is 0.492 e. The molecule has 0 radical (unpaired) electrons. The predicted molar refractivity (Wildman–Crippen MR) is 105 cm³/mol. The van der Waals surface area contributed by atoms with E-state index in [0.717, 1.165) is 31.7 Å². The summed E-state index contributed by atoms with van der Waals surface area (Å²) in [6.45, 7) is 1.76. The van der Waals surface area contributed by atoms with Crippen LogP contribution in [0.2, 0.25) is 0 Å². The fourth-order valence-corrected chi connectivity index (χ4v) is 4.58. The third kappa shape index (κ3) is 5.01. The molecule has 1 aromatic carbocycles. The molecule has 27 heavy (non-hydrogen) atoms. The number of benzene rings is 1. The standard InChI is InChI=1S/C19H26N4O3S/c24-27(25,13-12-26-17-4-2-1-3-5-17)22-16-8-10-23(11-9-16)19-14-18(20-21-19)15-6-7-15/h1-5,14-16,22H,6-13H2,(H,20,21). The zero-order valence-electron chi connectivity index (χ0n) is 15.3. The summed E-state index contributed by atoms with van der Waals surface area (Å²) in [5.41, 5.74) is 1.23. The van der Waals surface area contributed by atoms with Crippen LogP contribution in [0, 0.1) is 0 Å². The van der Waals surface area contributed by atoms with E-state index >= 15 is 0 Å². The smallest absolute Gasteiger partial charge is 0.215 e. The monoisotopic (exact) mass is 390 g/mol. The van der Waals surface area contributed by atoms with Crippen molar-refractivity contribution >= 4 is 15.8 Å². The molecule has 0 bridgehead atoms. The van der Waals surface area contributed by atoms with E-state index in [9.17, 15) is 8.42 Å². The van der Waals surface area contributed by atoms with Crippen LogP contribution in [0.3, 0.4) is 0 Å². The van der Waals surface area contributed by atoms with Gasteiger partial charge in [-0.1, -0.05) is 18.2 Å². The molecule has 2 aliphatic rings. The van der Waals surface area contributed by atoms with Gasteiger partial charge in [-0.15, -0.1) is 0 Å². The van der Waals surface area contributed by atoms with Gasteiger partial charge in [-0.05, 0) is 37.8 Å². The Morgan fingerprint density at radius 1 is 1.15 bits per heavy atom. The summed E-state index contributed by atoms with van der Waals surface area (Å²) >= 11 is 0. The highest BCUT2D eigenvalue weighted by atomic mass is 32.2. The summed E-state index contributed by atoms with van der Waals surface area (Å²) in [5, 5.41) is 7.55. The van der Waals surface area contributed by atoms with E-state index in [4.69, 9.17) is 4.74 Å². The minimum atomic E-state index is -3.35. The first-order valence-electron chi connectivity index (χ1n) is 9.57. The number of H-pyrrole nitrogens is 1. The van der Waals surface area contributed by atoms with Crippen LogP contribution in [0.4, 0.5) is 5.82 Å². The fraction of sp³-hybridized carbons (Fsp3) is 0.526. The highest BCUT2D eigenvalue weighted by Gasteiger charge is 2.28. The van der Waals surface area contributed by atoms with Gasteiger partial charge in [0.05, 0.1) is 5.75 Å². The van der Waals surface area contributed by atoms with Crippen molar-refractivity contribution in [1.29, 1.82) is 0 Å². The molecule has 1 aliphatic carbocycles. The average molecular weight is 391 g/mol. The van der Waals surface area contributed by atoms with E-state index in [-0.39, 0.29) is 18.4 Å². The number of aromatic nitrogens is 2. The van der Waals surface area contributed by atoms with Crippen LogP contribution in [0.25, 0.3) is 0 Å². The second-order valence-corrected chi connectivity index (χ2v) is 9.19. The van der Waals surface area contributed by atoms with Crippen molar-refractivity contribution < 1.29 is 13.2 Å². The molecular formula is C19H26N4O3S. The van der Waals surface area contributed by atoms with E-state index in [2.05, 4.69) is 25.9 Å². The maximum absolute atomic E-state index is 12.3. The molecule has 2 aromatic rings. The number of piperidine rings is 1. The predicted octanol–water partition coefficient (Wildman–Crippen LogP) is 2.25. The third-order valence-corrected chi connectivity index (χ3v) is 6.53. The van der Waals surface area contributed by atoms with E-state index < -0.39 is 10.0 Å². The number of hydrogen-bond acceptors (Lipinski definition) is 5. The SMILES string of the molecule is O=S(=O)(CCOc1ccccc1)NC1CCN(c2cc(C3CC3)[nH]n2)CC1. The van der Waals surface area contributed by atoms with Gasteiger partial charge in [0.15, 0.2) is 5.82 Å². The van der Waals surface area contributed by atoms with Gasteiger partial charge in [0.2, 0.25) is 10.0 Å². The number of nitrogens with one attached hydrogen (secondary N) is 2.